The number of rotatable bonds is 4. The van der Waals surface area contributed by atoms with Gasteiger partial charge in [-0.05, 0) is 12.3 Å². The van der Waals surface area contributed by atoms with E-state index in [9.17, 15) is 4.79 Å². The molecule has 0 bridgehead atoms. The van der Waals surface area contributed by atoms with Crippen LogP contribution in [0.5, 0.6) is 0 Å². The zero-order valence-electron chi connectivity index (χ0n) is 11.0. The number of aromatic nitrogens is 2. The first kappa shape index (κ1) is 13.7. The average Bonchev–Trinajstić information content (AvgIpc) is 2.67. The quantitative estimate of drug-likeness (QED) is 0.813. The molecule has 96 valence electrons. The molecule has 0 aliphatic rings. The molecule has 5 heteroatoms. The zero-order chi connectivity index (χ0) is 13.1. The van der Waals surface area contributed by atoms with E-state index in [2.05, 4.69) is 10.3 Å². The highest BCUT2D eigenvalue weighted by Crippen LogP contribution is 2.17. The Hall–Kier alpha value is -1.36. The molecule has 0 aliphatic carbocycles. The maximum Gasteiger partial charge on any atom is 0.237 e. The van der Waals surface area contributed by atoms with Crippen LogP contribution >= 0.6 is 0 Å². The van der Waals surface area contributed by atoms with Crippen LogP contribution in [0.2, 0.25) is 0 Å². The molecular weight excluding hydrogens is 216 g/mol. The largest absolute Gasteiger partial charge is 0.350 e. The van der Waals surface area contributed by atoms with Crippen LogP contribution in [-0.4, -0.2) is 27.5 Å². The van der Waals surface area contributed by atoms with E-state index in [4.69, 9.17) is 5.73 Å². The minimum atomic E-state index is -0.493. The Labute approximate surface area is 102 Å². The number of hydrogen-bond acceptors (Lipinski definition) is 3. The molecule has 2 atom stereocenters. The number of nitrogens with one attached hydrogen (secondary N) is 1. The molecule has 1 heterocycles. The summed E-state index contributed by atoms with van der Waals surface area (Å²) in [4.78, 5) is 15.8. The van der Waals surface area contributed by atoms with Crippen molar-refractivity contribution in [3.05, 3.63) is 18.7 Å². The topological polar surface area (TPSA) is 72.9 Å². The van der Waals surface area contributed by atoms with Crippen LogP contribution in [0, 0.1) is 5.41 Å². The molecule has 17 heavy (non-hydrogen) atoms. The van der Waals surface area contributed by atoms with Crippen LogP contribution in [0.25, 0.3) is 0 Å². The minimum absolute atomic E-state index is 0.0325. The third-order valence-electron chi connectivity index (χ3n) is 2.65. The highest BCUT2D eigenvalue weighted by Gasteiger charge is 2.27. The van der Waals surface area contributed by atoms with Crippen LogP contribution in [0.3, 0.4) is 0 Å². The van der Waals surface area contributed by atoms with Crippen LogP contribution in [-0.2, 0) is 11.3 Å². The highest BCUT2D eigenvalue weighted by atomic mass is 16.2. The Balaban J connectivity index is 2.46. The van der Waals surface area contributed by atoms with Gasteiger partial charge < -0.3 is 15.6 Å². The fourth-order valence-electron chi connectivity index (χ4n) is 1.48. The second-order valence-electron chi connectivity index (χ2n) is 5.51. The summed E-state index contributed by atoms with van der Waals surface area (Å²) in [6.07, 6.45) is 5.31. The smallest absolute Gasteiger partial charge is 0.237 e. The summed E-state index contributed by atoms with van der Waals surface area (Å²) in [5.41, 5.74) is 5.66. The van der Waals surface area contributed by atoms with Gasteiger partial charge >= 0.3 is 0 Å². The molecular formula is C12H22N4O. The van der Waals surface area contributed by atoms with Gasteiger partial charge in [0.15, 0.2) is 0 Å². The summed E-state index contributed by atoms with van der Waals surface area (Å²) in [6, 6.07) is -0.460. The zero-order valence-corrected chi connectivity index (χ0v) is 11.0. The van der Waals surface area contributed by atoms with E-state index < -0.39 is 6.04 Å². The SMILES string of the molecule is CC(Cn1ccnc1)NC(=O)[C@H](N)C(C)(C)C. The van der Waals surface area contributed by atoms with Crippen molar-refractivity contribution in [3.8, 4) is 0 Å². The number of imidazole rings is 1. The summed E-state index contributed by atoms with van der Waals surface area (Å²) in [5, 5.41) is 2.91. The van der Waals surface area contributed by atoms with Gasteiger partial charge in [0.1, 0.15) is 0 Å². The second-order valence-corrected chi connectivity index (χ2v) is 5.51. The third kappa shape index (κ3) is 4.19. The Morgan fingerprint density at radius 2 is 2.18 bits per heavy atom. The predicted molar refractivity (Wildman–Crippen MR) is 67.3 cm³/mol. The van der Waals surface area contributed by atoms with E-state index in [1.165, 1.54) is 0 Å². The monoisotopic (exact) mass is 238 g/mol. The van der Waals surface area contributed by atoms with Crippen molar-refractivity contribution < 1.29 is 4.79 Å². The van der Waals surface area contributed by atoms with Gasteiger partial charge in [0, 0.05) is 25.0 Å². The van der Waals surface area contributed by atoms with E-state index in [1.54, 1.807) is 12.5 Å². The number of nitrogens with zero attached hydrogens (tertiary/aromatic N) is 2. The predicted octanol–water partition coefficient (Wildman–Crippen LogP) is 0.761. The van der Waals surface area contributed by atoms with Gasteiger partial charge in [-0.3, -0.25) is 4.79 Å². The van der Waals surface area contributed by atoms with Crippen LogP contribution in [0.4, 0.5) is 0 Å². The molecule has 1 aromatic rings. The first-order valence-electron chi connectivity index (χ1n) is 5.82. The molecule has 0 saturated carbocycles. The molecule has 5 nitrogen and oxygen atoms in total. The Kier molecular flexibility index (Phi) is 4.28. The third-order valence-corrected chi connectivity index (χ3v) is 2.65. The standard InChI is InChI=1S/C12H22N4O/c1-9(7-16-6-5-14-8-16)15-11(17)10(13)12(2,3)4/h5-6,8-10H,7,13H2,1-4H3,(H,15,17)/t9?,10-/m0/s1. The molecule has 3 N–H and O–H groups in total. The summed E-state index contributed by atoms with van der Waals surface area (Å²) >= 11 is 0. The number of carbonyl (C=O) groups is 1. The molecule has 1 aromatic heterocycles. The van der Waals surface area contributed by atoms with Gasteiger partial charge in [0.2, 0.25) is 5.91 Å². The van der Waals surface area contributed by atoms with Crippen LogP contribution < -0.4 is 11.1 Å². The van der Waals surface area contributed by atoms with Gasteiger partial charge in [-0.25, -0.2) is 4.98 Å². The molecule has 0 aliphatic heterocycles. The van der Waals surface area contributed by atoms with Crippen LogP contribution in [0.1, 0.15) is 27.7 Å². The fraction of sp³-hybridized carbons (Fsp3) is 0.667. The normalized spacial score (nSPS) is 15.4. The van der Waals surface area contributed by atoms with Gasteiger partial charge in [0.25, 0.3) is 0 Å². The van der Waals surface area contributed by atoms with Gasteiger partial charge in [-0.15, -0.1) is 0 Å². The first-order valence-corrected chi connectivity index (χ1v) is 5.82. The van der Waals surface area contributed by atoms with Crippen molar-refractivity contribution in [2.24, 2.45) is 11.1 Å². The van der Waals surface area contributed by atoms with Crippen molar-refractivity contribution in [2.75, 3.05) is 0 Å². The number of amides is 1. The van der Waals surface area contributed by atoms with E-state index in [-0.39, 0.29) is 17.4 Å². The lowest BCUT2D eigenvalue weighted by Crippen LogP contribution is -2.51. The molecule has 0 saturated heterocycles. The first-order chi connectivity index (χ1) is 7.80. The molecule has 0 radical (unpaired) electrons. The average molecular weight is 238 g/mol. The van der Waals surface area contributed by atoms with E-state index in [1.807, 2.05) is 38.5 Å². The minimum Gasteiger partial charge on any atom is -0.350 e. The summed E-state index contributed by atoms with van der Waals surface area (Å²) in [7, 11) is 0. The lowest BCUT2D eigenvalue weighted by atomic mass is 9.87. The number of carbonyl (C=O) groups excluding carboxylic acids is 1. The lowest BCUT2D eigenvalue weighted by Gasteiger charge is -2.27. The molecule has 1 unspecified atom stereocenters. The molecule has 0 spiro atoms. The highest BCUT2D eigenvalue weighted by molar-refractivity contribution is 5.82. The van der Waals surface area contributed by atoms with Crippen molar-refractivity contribution in [3.63, 3.8) is 0 Å². The Bertz CT molecular complexity index is 353. The second kappa shape index (κ2) is 5.31. The van der Waals surface area contributed by atoms with E-state index in [0.717, 1.165) is 0 Å². The molecule has 1 amide bonds. The Morgan fingerprint density at radius 1 is 1.53 bits per heavy atom. The summed E-state index contributed by atoms with van der Waals surface area (Å²) < 4.78 is 1.92. The van der Waals surface area contributed by atoms with E-state index in [0.29, 0.717) is 6.54 Å². The van der Waals surface area contributed by atoms with Crippen molar-refractivity contribution >= 4 is 5.91 Å². The number of nitrogens with two attached hydrogens (primary N) is 1. The molecule has 0 aromatic carbocycles. The van der Waals surface area contributed by atoms with Gasteiger partial charge in [-0.1, -0.05) is 20.8 Å². The number of hydrogen-bond donors (Lipinski definition) is 2. The fourth-order valence-corrected chi connectivity index (χ4v) is 1.48. The van der Waals surface area contributed by atoms with Crippen molar-refractivity contribution in [1.29, 1.82) is 0 Å². The maximum absolute atomic E-state index is 11.9. The maximum atomic E-state index is 11.9. The summed E-state index contributed by atoms with van der Waals surface area (Å²) in [5.74, 6) is -0.106. The molecule has 0 fully saturated rings. The van der Waals surface area contributed by atoms with Gasteiger partial charge in [0.05, 0.1) is 12.4 Å². The van der Waals surface area contributed by atoms with Gasteiger partial charge in [-0.2, -0.15) is 0 Å². The molecule has 1 rings (SSSR count). The summed E-state index contributed by atoms with van der Waals surface area (Å²) in [6.45, 7) is 8.52. The van der Waals surface area contributed by atoms with E-state index >= 15 is 0 Å². The Morgan fingerprint density at radius 3 is 2.65 bits per heavy atom. The van der Waals surface area contributed by atoms with Crippen molar-refractivity contribution in [1.82, 2.24) is 14.9 Å². The van der Waals surface area contributed by atoms with Crippen molar-refractivity contribution in [2.45, 2.75) is 46.3 Å². The lowest BCUT2D eigenvalue weighted by molar-refractivity contribution is -0.125. The van der Waals surface area contributed by atoms with Crippen LogP contribution in [0.15, 0.2) is 18.7 Å².